The van der Waals surface area contributed by atoms with Crippen molar-refractivity contribution in [2.75, 3.05) is 11.9 Å². The highest BCUT2D eigenvalue weighted by Gasteiger charge is 2.25. The van der Waals surface area contributed by atoms with Crippen molar-refractivity contribution in [3.05, 3.63) is 40.6 Å². The molecule has 146 valence electrons. The molecule has 2 amide bonds. The first-order chi connectivity index (χ1) is 13.0. The molecule has 8 heteroatoms. The topological polar surface area (TPSA) is 121 Å². The predicted molar refractivity (Wildman–Crippen MR) is 109 cm³/mol. The predicted octanol–water partition coefficient (Wildman–Crippen LogP) is 2.54. The molecule has 0 saturated carbocycles. The molecule has 1 aromatic rings. The van der Waals surface area contributed by atoms with Gasteiger partial charge < -0.3 is 15.7 Å². The molecule has 0 fully saturated rings. The quantitative estimate of drug-likeness (QED) is 0.343. The van der Waals surface area contributed by atoms with Gasteiger partial charge in [-0.3, -0.25) is 14.9 Å². The van der Waals surface area contributed by atoms with Crippen LogP contribution in [0, 0.1) is 10.2 Å². The minimum absolute atomic E-state index is 0.00763. The first-order valence-electron chi connectivity index (χ1n) is 9.32. The monoisotopic (exact) mass is 389 g/mol. The number of hydrogen-bond donors (Lipinski definition) is 6. The Morgan fingerprint density at radius 3 is 2.48 bits per heavy atom. The van der Waals surface area contributed by atoms with E-state index < -0.39 is 23.0 Å². The van der Waals surface area contributed by atoms with Crippen molar-refractivity contribution in [3.8, 4) is 0 Å². The average molecular weight is 390 g/mol. The molecule has 2 aliphatic rings. The normalized spacial score (nSPS) is 17.3. The number of rotatable bonds is 5. The van der Waals surface area contributed by atoms with Crippen LogP contribution in [0.5, 0.6) is 0 Å². The Labute approximate surface area is 162 Å². The third kappa shape index (κ3) is 4.75. The van der Waals surface area contributed by atoms with Gasteiger partial charge in [-0.15, -0.1) is 0 Å². The lowest BCUT2D eigenvalue weighted by Crippen LogP contribution is -2.33. The number of aryl methyl sites for hydroxylation is 2. The van der Waals surface area contributed by atoms with Gasteiger partial charge in [0.15, 0.2) is 0 Å². The highest BCUT2D eigenvalue weighted by molar-refractivity contribution is 8.00. The second-order valence-corrected chi connectivity index (χ2v) is 8.31. The first-order valence-corrected chi connectivity index (χ1v) is 10.5. The lowest BCUT2D eigenvalue weighted by molar-refractivity contribution is 0.196. The van der Waals surface area contributed by atoms with E-state index in [2.05, 4.69) is 21.4 Å². The Bertz CT molecular complexity index is 772. The fourth-order valence-electron chi connectivity index (χ4n) is 3.70. The molecule has 0 spiro atoms. The van der Waals surface area contributed by atoms with E-state index in [0.717, 1.165) is 44.2 Å². The second kappa shape index (κ2) is 8.67. The Morgan fingerprint density at radius 1 is 1.26 bits per heavy atom. The molecule has 0 bridgehead atoms. The maximum atomic E-state index is 12.4. The van der Waals surface area contributed by atoms with E-state index in [1.165, 1.54) is 34.5 Å². The van der Waals surface area contributed by atoms with Gasteiger partial charge in [0.25, 0.3) is 0 Å². The molecule has 0 radical (unpaired) electrons. The summed E-state index contributed by atoms with van der Waals surface area (Å²) in [7, 11) is -1.45. The van der Waals surface area contributed by atoms with Crippen LogP contribution in [-0.4, -0.2) is 28.8 Å². The summed E-state index contributed by atoms with van der Waals surface area (Å²) in [5.74, 6) is 0. The number of carbonyl (C=O) groups is 1. The van der Waals surface area contributed by atoms with Crippen molar-refractivity contribution in [2.24, 2.45) is 0 Å². The zero-order valence-electron chi connectivity index (χ0n) is 15.5. The number of anilines is 1. The summed E-state index contributed by atoms with van der Waals surface area (Å²) in [6.07, 6.45) is 8.79. The summed E-state index contributed by atoms with van der Waals surface area (Å²) in [5.41, 5.74) is 6.11. The van der Waals surface area contributed by atoms with Gasteiger partial charge in [0.05, 0.1) is 6.10 Å². The molecule has 2 unspecified atom stereocenters. The van der Waals surface area contributed by atoms with Gasteiger partial charge in [-0.05, 0) is 80.0 Å². The van der Waals surface area contributed by atoms with Gasteiger partial charge in [-0.1, -0.05) is 6.07 Å². The Kier molecular flexibility index (Phi) is 6.28. The van der Waals surface area contributed by atoms with E-state index in [4.69, 9.17) is 15.3 Å². The van der Waals surface area contributed by atoms with Crippen molar-refractivity contribution in [3.63, 3.8) is 0 Å². The number of carbonyl (C=O) groups excluding carboxylic acids is 1. The molecule has 7 nitrogen and oxygen atoms in total. The molecular formula is C19H27N5O2S. The first kappa shape index (κ1) is 19.6. The second-order valence-electron chi connectivity index (χ2n) is 7.05. The van der Waals surface area contributed by atoms with Crippen LogP contribution in [0.25, 0.3) is 0 Å². The molecular weight excluding hydrogens is 362 g/mol. The standard InChI is InChI=1S/C19H27N5O2S/c1-12(25)11-22-9-8-17(20)27(21)24-19(26)23-18-15-6-2-4-13(15)10-14-5-3-7-16(14)18/h8-10,12,20,22,25H,2-7,11H2,1H3,(H3,21,23,24,26)/b9-8-,20-17?. The van der Waals surface area contributed by atoms with Crippen LogP contribution in [0.3, 0.4) is 0 Å². The fraction of sp³-hybridized carbons (Fsp3) is 0.474. The van der Waals surface area contributed by atoms with E-state index >= 15 is 0 Å². The van der Waals surface area contributed by atoms with Crippen LogP contribution >= 0.6 is 0 Å². The van der Waals surface area contributed by atoms with Gasteiger partial charge in [-0.25, -0.2) is 4.79 Å². The highest BCUT2D eigenvalue weighted by atomic mass is 32.2. The van der Waals surface area contributed by atoms with E-state index in [0.29, 0.717) is 6.54 Å². The molecule has 0 heterocycles. The van der Waals surface area contributed by atoms with Crippen molar-refractivity contribution in [1.82, 2.24) is 10.0 Å². The molecule has 27 heavy (non-hydrogen) atoms. The maximum absolute atomic E-state index is 12.4. The number of aliphatic hydroxyl groups is 1. The zero-order valence-corrected chi connectivity index (χ0v) is 16.3. The van der Waals surface area contributed by atoms with E-state index in [1.54, 1.807) is 6.92 Å². The summed E-state index contributed by atoms with van der Waals surface area (Å²) in [6, 6.07) is 1.88. The lowest BCUT2D eigenvalue weighted by Gasteiger charge is -2.16. The Balaban J connectivity index is 1.62. The van der Waals surface area contributed by atoms with Crippen molar-refractivity contribution in [2.45, 2.75) is 51.6 Å². The Hall–Kier alpha value is -2.19. The molecule has 2 atom stereocenters. The van der Waals surface area contributed by atoms with E-state index in [-0.39, 0.29) is 5.04 Å². The van der Waals surface area contributed by atoms with Crippen molar-refractivity contribution in [1.29, 1.82) is 10.2 Å². The number of nitrogens with one attached hydrogen (secondary N) is 5. The van der Waals surface area contributed by atoms with Crippen LogP contribution in [0.1, 0.15) is 42.0 Å². The Morgan fingerprint density at radius 2 is 1.89 bits per heavy atom. The van der Waals surface area contributed by atoms with E-state index in [1.807, 2.05) is 0 Å². The number of benzene rings is 1. The number of fused-ring (bicyclic) bond motifs is 2. The smallest absolute Gasteiger partial charge is 0.330 e. The summed E-state index contributed by atoms with van der Waals surface area (Å²) in [4.78, 5) is 12.4. The summed E-state index contributed by atoms with van der Waals surface area (Å²) in [5, 5.41) is 22.9. The summed E-state index contributed by atoms with van der Waals surface area (Å²) < 4.78 is 10.6. The summed E-state index contributed by atoms with van der Waals surface area (Å²) >= 11 is 0. The summed E-state index contributed by atoms with van der Waals surface area (Å²) in [6.45, 7) is 2.03. The minimum Gasteiger partial charge on any atom is -0.392 e. The van der Waals surface area contributed by atoms with Gasteiger partial charge in [-0.2, -0.15) is 0 Å². The van der Waals surface area contributed by atoms with Crippen molar-refractivity contribution >= 4 is 27.6 Å². The average Bonchev–Trinajstić information content (AvgIpc) is 3.26. The maximum Gasteiger partial charge on any atom is 0.330 e. The lowest BCUT2D eigenvalue weighted by atomic mass is 9.99. The minimum atomic E-state index is -1.45. The fourth-order valence-corrected chi connectivity index (χ4v) is 4.25. The molecule has 6 N–H and O–H groups in total. The van der Waals surface area contributed by atoms with Gasteiger partial charge in [0, 0.05) is 23.1 Å². The molecule has 1 aromatic carbocycles. The number of aliphatic hydroxyl groups excluding tert-OH is 1. The molecule has 0 aliphatic heterocycles. The SMILES string of the molecule is CC(O)CN/C=C\C(=N)S(=N)NC(=O)Nc1c2c(cc3c1CCC3)CCC2. The third-order valence-corrected chi connectivity index (χ3v) is 5.86. The molecule has 3 rings (SSSR count). The number of urea groups is 1. The highest BCUT2D eigenvalue weighted by Crippen LogP contribution is 2.38. The number of hydrogen-bond acceptors (Lipinski definition) is 5. The van der Waals surface area contributed by atoms with Crippen LogP contribution in [0.2, 0.25) is 0 Å². The van der Waals surface area contributed by atoms with Crippen molar-refractivity contribution < 1.29 is 9.90 Å². The van der Waals surface area contributed by atoms with E-state index in [9.17, 15) is 4.79 Å². The van der Waals surface area contributed by atoms with Crippen LogP contribution in [0.4, 0.5) is 10.5 Å². The number of amides is 2. The zero-order chi connectivity index (χ0) is 19.4. The third-order valence-electron chi connectivity index (χ3n) is 4.89. The van der Waals surface area contributed by atoms with Gasteiger partial charge >= 0.3 is 6.03 Å². The largest absolute Gasteiger partial charge is 0.392 e. The van der Waals surface area contributed by atoms with Gasteiger partial charge in [0.1, 0.15) is 5.04 Å². The molecule has 0 aromatic heterocycles. The van der Waals surface area contributed by atoms with Crippen LogP contribution < -0.4 is 15.4 Å². The molecule has 0 saturated heterocycles. The molecule has 2 aliphatic carbocycles. The van der Waals surface area contributed by atoms with Gasteiger partial charge in [0.2, 0.25) is 0 Å². The van der Waals surface area contributed by atoms with Crippen LogP contribution in [-0.2, 0) is 36.6 Å². The van der Waals surface area contributed by atoms with Crippen LogP contribution in [0.15, 0.2) is 18.3 Å².